The molecule has 2 rings (SSSR count). The van der Waals surface area contributed by atoms with Crippen LogP contribution in [0.1, 0.15) is 34.3 Å². The normalized spacial score (nSPS) is 11.2. The number of hydrogen-bond donors (Lipinski definition) is 0. The maximum atomic E-state index is 12.5. The van der Waals surface area contributed by atoms with Gasteiger partial charge in [0.2, 0.25) is 5.91 Å². The lowest BCUT2D eigenvalue weighted by molar-refractivity contribution is -0.137. The second-order valence-corrected chi connectivity index (χ2v) is 5.73. The van der Waals surface area contributed by atoms with Crippen molar-refractivity contribution >= 4 is 11.7 Å². The number of amides is 1. The van der Waals surface area contributed by atoms with Crippen LogP contribution >= 0.6 is 0 Å². The van der Waals surface area contributed by atoms with Gasteiger partial charge < -0.3 is 4.90 Å². The number of carbonyl (C=O) groups is 2. The standard InChI is InChI=1S/C19H18F3NO2/c1-23(13-14-7-9-16(10-8-14)19(20,21)22)18(25)12-11-17(24)15-5-3-2-4-6-15/h2-10H,11-13H2,1H3. The van der Waals surface area contributed by atoms with Crippen molar-refractivity contribution in [3.05, 3.63) is 71.3 Å². The van der Waals surface area contributed by atoms with Crippen molar-refractivity contribution in [2.45, 2.75) is 25.6 Å². The Bertz CT molecular complexity index is 725. The van der Waals surface area contributed by atoms with Gasteiger partial charge in [0.05, 0.1) is 5.56 Å². The highest BCUT2D eigenvalue weighted by Crippen LogP contribution is 2.29. The summed E-state index contributed by atoms with van der Waals surface area (Å²) in [7, 11) is 1.56. The number of alkyl halides is 3. The first-order valence-electron chi connectivity index (χ1n) is 7.75. The van der Waals surface area contributed by atoms with E-state index in [0.29, 0.717) is 11.1 Å². The smallest absolute Gasteiger partial charge is 0.341 e. The van der Waals surface area contributed by atoms with Crippen molar-refractivity contribution in [3.8, 4) is 0 Å². The molecule has 3 nitrogen and oxygen atoms in total. The van der Waals surface area contributed by atoms with Crippen LogP contribution in [0.15, 0.2) is 54.6 Å². The third kappa shape index (κ3) is 5.45. The van der Waals surface area contributed by atoms with Gasteiger partial charge in [-0.25, -0.2) is 0 Å². The molecule has 0 radical (unpaired) electrons. The summed E-state index contributed by atoms with van der Waals surface area (Å²) < 4.78 is 37.6. The molecule has 0 atom stereocenters. The Morgan fingerprint density at radius 2 is 1.52 bits per heavy atom. The van der Waals surface area contributed by atoms with Gasteiger partial charge in [-0.1, -0.05) is 42.5 Å². The molecule has 1 amide bonds. The number of carbonyl (C=O) groups excluding carboxylic acids is 2. The van der Waals surface area contributed by atoms with E-state index in [1.807, 2.05) is 0 Å². The highest BCUT2D eigenvalue weighted by atomic mass is 19.4. The fourth-order valence-electron chi connectivity index (χ4n) is 2.34. The number of rotatable bonds is 6. The Hall–Kier alpha value is -2.63. The summed E-state index contributed by atoms with van der Waals surface area (Å²) in [6, 6.07) is 13.4. The van der Waals surface area contributed by atoms with Gasteiger partial charge in [-0.15, -0.1) is 0 Å². The lowest BCUT2D eigenvalue weighted by atomic mass is 10.1. The maximum Gasteiger partial charge on any atom is 0.416 e. The summed E-state index contributed by atoms with van der Waals surface area (Å²) in [5.41, 5.74) is 0.428. The van der Waals surface area contributed by atoms with Crippen LogP contribution < -0.4 is 0 Å². The molecular weight excluding hydrogens is 331 g/mol. The minimum absolute atomic E-state index is 0.0604. The van der Waals surface area contributed by atoms with Gasteiger partial charge in [0.1, 0.15) is 0 Å². The average molecular weight is 349 g/mol. The summed E-state index contributed by atoms with van der Waals surface area (Å²) in [6.45, 7) is 0.191. The molecule has 2 aromatic rings. The van der Waals surface area contributed by atoms with Crippen molar-refractivity contribution in [1.82, 2.24) is 4.90 Å². The van der Waals surface area contributed by atoms with Crippen molar-refractivity contribution in [3.63, 3.8) is 0 Å². The van der Waals surface area contributed by atoms with Gasteiger partial charge in [0, 0.05) is 32.0 Å². The predicted octanol–water partition coefficient (Wildman–Crippen LogP) is 4.33. The molecule has 0 aliphatic heterocycles. The molecule has 2 aromatic carbocycles. The fourth-order valence-corrected chi connectivity index (χ4v) is 2.34. The Balaban J connectivity index is 1.87. The topological polar surface area (TPSA) is 37.4 Å². The second-order valence-electron chi connectivity index (χ2n) is 5.73. The second kappa shape index (κ2) is 7.96. The van der Waals surface area contributed by atoms with Crippen molar-refractivity contribution in [1.29, 1.82) is 0 Å². The highest BCUT2D eigenvalue weighted by Gasteiger charge is 2.29. The zero-order valence-corrected chi connectivity index (χ0v) is 13.7. The number of hydrogen-bond acceptors (Lipinski definition) is 2. The van der Waals surface area contributed by atoms with Gasteiger partial charge in [-0.05, 0) is 17.7 Å². The Labute approximate surface area is 144 Å². The van der Waals surface area contributed by atoms with Crippen LogP contribution in [-0.4, -0.2) is 23.6 Å². The summed E-state index contributed by atoms with van der Waals surface area (Å²) in [5.74, 6) is -0.346. The van der Waals surface area contributed by atoms with E-state index in [2.05, 4.69) is 0 Å². The molecule has 0 saturated heterocycles. The van der Waals surface area contributed by atoms with Crippen LogP contribution in [0.5, 0.6) is 0 Å². The number of Topliss-reactive ketones (excluding diaryl/α,β-unsaturated/α-hetero) is 1. The van der Waals surface area contributed by atoms with E-state index < -0.39 is 11.7 Å². The fraction of sp³-hybridized carbons (Fsp3) is 0.263. The molecular formula is C19H18F3NO2. The molecule has 0 fully saturated rings. The van der Waals surface area contributed by atoms with E-state index in [4.69, 9.17) is 0 Å². The zero-order chi connectivity index (χ0) is 18.4. The van der Waals surface area contributed by atoms with E-state index in [1.54, 1.807) is 37.4 Å². The molecule has 0 N–H and O–H groups in total. The minimum Gasteiger partial charge on any atom is -0.341 e. The van der Waals surface area contributed by atoms with Crippen LogP contribution in [0, 0.1) is 0 Å². The molecule has 0 bridgehead atoms. The van der Waals surface area contributed by atoms with Crippen LogP contribution in [0.3, 0.4) is 0 Å². The molecule has 0 aromatic heterocycles. The van der Waals surface area contributed by atoms with E-state index in [1.165, 1.54) is 17.0 Å². The number of ketones is 1. The van der Waals surface area contributed by atoms with Crippen molar-refractivity contribution < 1.29 is 22.8 Å². The van der Waals surface area contributed by atoms with Crippen LogP contribution in [-0.2, 0) is 17.5 Å². The molecule has 0 spiro atoms. The van der Waals surface area contributed by atoms with Gasteiger partial charge in [-0.2, -0.15) is 13.2 Å². The van der Waals surface area contributed by atoms with Gasteiger partial charge >= 0.3 is 6.18 Å². The minimum atomic E-state index is -4.38. The first-order valence-corrected chi connectivity index (χ1v) is 7.75. The Morgan fingerprint density at radius 3 is 2.08 bits per heavy atom. The number of nitrogens with zero attached hydrogens (tertiary/aromatic N) is 1. The maximum absolute atomic E-state index is 12.5. The summed E-state index contributed by atoms with van der Waals surface area (Å²) in [6.07, 6.45) is -4.22. The lowest BCUT2D eigenvalue weighted by Gasteiger charge is -2.17. The molecule has 0 heterocycles. The third-order valence-electron chi connectivity index (χ3n) is 3.79. The summed E-state index contributed by atoms with van der Waals surface area (Å²) in [4.78, 5) is 25.5. The largest absolute Gasteiger partial charge is 0.416 e. The summed E-state index contributed by atoms with van der Waals surface area (Å²) in [5, 5.41) is 0. The van der Waals surface area contributed by atoms with Crippen molar-refractivity contribution in [2.75, 3.05) is 7.05 Å². The Morgan fingerprint density at radius 1 is 0.920 bits per heavy atom. The monoisotopic (exact) mass is 349 g/mol. The SMILES string of the molecule is CN(Cc1ccc(C(F)(F)F)cc1)C(=O)CCC(=O)c1ccccc1. The lowest BCUT2D eigenvalue weighted by Crippen LogP contribution is -2.26. The molecule has 25 heavy (non-hydrogen) atoms. The average Bonchev–Trinajstić information content (AvgIpc) is 2.59. The highest BCUT2D eigenvalue weighted by molar-refractivity contribution is 5.97. The predicted molar refractivity (Wildman–Crippen MR) is 87.9 cm³/mol. The van der Waals surface area contributed by atoms with Gasteiger partial charge in [0.15, 0.2) is 5.78 Å². The first-order chi connectivity index (χ1) is 11.8. The first kappa shape index (κ1) is 18.7. The van der Waals surface area contributed by atoms with Crippen LogP contribution in [0.4, 0.5) is 13.2 Å². The third-order valence-corrected chi connectivity index (χ3v) is 3.79. The molecule has 0 aliphatic rings. The van der Waals surface area contributed by atoms with Crippen LogP contribution in [0.2, 0.25) is 0 Å². The van der Waals surface area contributed by atoms with E-state index in [-0.39, 0.29) is 31.1 Å². The molecule has 0 saturated carbocycles. The summed E-state index contributed by atoms with van der Waals surface area (Å²) >= 11 is 0. The molecule has 0 aliphatic carbocycles. The van der Waals surface area contributed by atoms with Crippen molar-refractivity contribution in [2.24, 2.45) is 0 Å². The Kier molecular flexibility index (Phi) is 5.96. The number of halogens is 3. The number of benzene rings is 2. The quantitative estimate of drug-likeness (QED) is 0.728. The van der Waals surface area contributed by atoms with E-state index in [0.717, 1.165) is 12.1 Å². The molecule has 0 unspecified atom stereocenters. The molecule has 132 valence electrons. The van der Waals surface area contributed by atoms with Gasteiger partial charge in [0.25, 0.3) is 0 Å². The van der Waals surface area contributed by atoms with Gasteiger partial charge in [-0.3, -0.25) is 9.59 Å². The van der Waals surface area contributed by atoms with Crippen LogP contribution in [0.25, 0.3) is 0 Å². The zero-order valence-electron chi connectivity index (χ0n) is 13.7. The van der Waals surface area contributed by atoms with E-state index in [9.17, 15) is 22.8 Å². The molecule has 6 heteroatoms. The van der Waals surface area contributed by atoms with E-state index >= 15 is 0 Å².